The normalized spacial score (nSPS) is 20.6. The van der Waals surface area contributed by atoms with Gasteiger partial charge in [-0.1, -0.05) is 0 Å². The van der Waals surface area contributed by atoms with E-state index < -0.39 is 6.10 Å². The molecule has 1 fully saturated rings. The summed E-state index contributed by atoms with van der Waals surface area (Å²) in [6, 6.07) is 3.68. The molecule has 0 aliphatic carbocycles. The predicted molar refractivity (Wildman–Crippen MR) is 61.0 cm³/mol. The first-order chi connectivity index (χ1) is 8.36. The molecule has 2 aromatic heterocycles. The average Bonchev–Trinajstić information content (AvgIpc) is 2.83. The molecule has 0 saturated carbocycles. The Morgan fingerprint density at radius 1 is 1.47 bits per heavy atom. The number of hydrogen-bond acceptors (Lipinski definition) is 4. The lowest BCUT2D eigenvalue weighted by atomic mass is 10.1. The molecule has 1 N–H and O–H groups in total. The quantitative estimate of drug-likeness (QED) is 0.789. The van der Waals surface area contributed by atoms with Crippen LogP contribution in [0.5, 0.6) is 0 Å². The molecule has 1 saturated heterocycles. The van der Waals surface area contributed by atoms with Gasteiger partial charge < -0.3 is 14.5 Å². The third kappa shape index (κ3) is 1.83. The first-order valence-corrected chi connectivity index (χ1v) is 5.52. The molecule has 88 valence electrons. The lowest BCUT2D eigenvalue weighted by molar-refractivity contribution is -0.0718. The van der Waals surface area contributed by atoms with E-state index in [0.29, 0.717) is 31.0 Å². The molecule has 5 nitrogen and oxygen atoms in total. The molecule has 1 atom stereocenters. The number of fused-ring (bicyclic) bond motifs is 1. The van der Waals surface area contributed by atoms with Crippen LogP contribution in [0.4, 0.5) is 0 Å². The summed E-state index contributed by atoms with van der Waals surface area (Å²) < 4.78 is 10.6. The van der Waals surface area contributed by atoms with Gasteiger partial charge in [0, 0.05) is 23.3 Å². The van der Waals surface area contributed by atoms with Crippen molar-refractivity contribution < 1.29 is 14.3 Å². The first kappa shape index (κ1) is 10.4. The van der Waals surface area contributed by atoms with Crippen LogP contribution >= 0.6 is 0 Å². The summed E-state index contributed by atoms with van der Waals surface area (Å²) in [5.74, 6) is -0.0519. The number of carbonyl (C=O) groups is 1. The monoisotopic (exact) mass is 232 g/mol. The van der Waals surface area contributed by atoms with Gasteiger partial charge in [0.2, 0.25) is 0 Å². The number of ether oxygens (including phenoxy) is 2. The zero-order valence-electron chi connectivity index (χ0n) is 9.18. The fourth-order valence-corrected chi connectivity index (χ4v) is 1.97. The zero-order chi connectivity index (χ0) is 11.7. The molecule has 3 heterocycles. The molecule has 0 bridgehead atoms. The van der Waals surface area contributed by atoms with Crippen molar-refractivity contribution in [1.29, 1.82) is 0 Å². The molecule has 0 amide bonds. The number of H-pyrrole nitrogens is 1. The van der Waals surface area contributed by atoms with Crippen molar-refractivity contribution in [3.05, 3.63) is 30.1 Å². The number of aromatic amines is 1. The van der Waals surface area contributed by atoms with Gasteiger partial charge in [0.05, 0.1) is 19.8 Å². The number of nitrogens with one attached hydrogen (secondary N) is 1. The first-order valence-electron chi connectivity index (χ1n) is 5.52. The number of rotatable bonds is 2. The van der Waals surface area contributed by atoms with E-state index >= 15 is 0 Å². The molecule has 0 spiro atoms. The number of Topliss-reactive ketones (excluding diaryl/α,β-unsaturated/α-hetero) is 1. The van der Waals surface area contributed by atoms with Gasteiger partial charge in [0.25, 0.3) is 0 Å². The maximum Gasteiger partial charge on any atom is 0.196 e. The minimum absolute atomic E-state index is 0.0519. The Morgan fingerprint density at radius 2 is 2.41 bits per heavy atom. The predicted octanol–water partition coefficient (Wildman–Crippen LogP) is 1.16. The van der Waals surface area contributed by atoms with Gasteiger partial charge in [0.1, 0.15) is 11.8 Å². The van der Waals surface area contributed by atoms with Crippen molar-refractivity contribution in [3.8, 4) is 0 Å². The Kier molecular flexibility index (Phi) is 2.62. The van der Waals surface area contributed by atoms with Crippen molar-refractivity contribution in [2.45, 2.75) is 6.10 Å². The number of hydrogen-bond donors (Lipinski definition) is 1. The average molecular weight is 232 g/mol. The van der Waals surface area contributed by atoms with Crippen LogP contribution in [0, 0.1) is 0 Å². The summed E-state index contributed by atoms with van der Waals surface area (Å²) in [6.45, 7) is 1.35. The summed E-state index contributed by atoms with van der Waals surface area (Å²) in [7, 11) is 0. The van der Waals surface area contributed by atoms with E-state index in [9.17, 15) is 4.79 Å². The molecule has 5 heteroatoms. The van der Waals surface area contributed by atoms with E-state index in [4.69, 9.17) is 9.47 Å². The molecule has 2 aromatic rings. The highest BCUT2D eigenvalue weighted by Crippen LogP contribution is 2.19. The molecule has 0 radical (unpaired) electrons. The van der Waals surface area contributed by atoms with Crippen LogP contribution in [0.2, 0.25) is 0 Å². The zero-order valence-corrected chi connectivity index (χ0v) is 9.18. The van der Waals surface area contributed by atoms with Crippen LogP contribution < -0.4 is 0 Å². The second kappa shape index (κ2) is 4.27. The maximum atomic E-state index is 12.2. The van der Waals surface area contributed by atoms with Crippen molar-refractivity contribution in [3.63, 3.8) is 0 Å². The van der Waals surface area contributed by atoms with Gasteiger partial charge in [-0.25, -0.2) is 4.98 Å². The Morgan fingerprint density at radius 3 is 3.24 bits per heavy atom. The molecule has 0 aromatic carbocycles. The third-order valence-corrected chi connectivity index (χ3v) is 2.82. The lowest BCUT2D eigenvalue weighted by Gasteiger charge is -2.21. The van der Waals surface area contributed by atoms with E-state index in [1.54, 1.807) is 12.4 Å². The van der Waals surface area contributed by atoms with Gasteiger partial charge in [-0.15, -0.1) is 0 Å². The Hall–Kier alpha value is -1.72. The molecular formula is C12H12N2O3. The number of pyridine rings is 1. The minimum Gasteiger partial charge on any atom is -0.376 e. The Bertz CT molecular complexity index is 543. The second-order valence-electron chi connectivity index (χ2n) is 3.90. The number of carbonyl (C=O) groups excluding carboxylic acids is 1. The van der Waals surface area contributed by atoms with Crippen LogP contribution in [0.25, 0.3) is 11.0 Å². The van der Waals surface area contributed by atoms with Crippen LogP contribution in [0.1, 0.15) is 10.4 Å². The summed E-state index contributed by atoms with van der Waals surface area (Å²) >= 11 is 0. The van der Waals surface area contributed by atoms with Crippen LogP contribution in [0.15, 0.2) is 24.5 Å². The van der Waals surface area contributed by atoms with Crippen LogP contribution in [-0.2, 0) is 9.47 Å². The Balaban J connectivity index is 1.95. The number of aromatic nitrogens is 2. The molecule has 3 rings (SSSR count). The highest BCUT2D eigenvalue weighted by molar-refractivity contribution is 6.09. The van der Waals surface area contributed by atoms with E-state index in [-0.39, 0.29) is 5.78 Å². The van der Waals surface area contributed by atoms with Crippen molar-refractivity contribution in [2.24, 2.45) is 0 Å². The van der Waals surface area contributed by atoms with Crippen molar-refractivity contribution >= 4 is 16.8 Å². The highest BCUT2D eigenvalue weighted by Gasteiger charge is 2.25. The lowest BCUT2D eigenvalue weighted by Crippen LogP contribution is -2.35. The summed E-state index contributed by atoms with van der Waals surface area (Å²) in [6.07, 6.45) is 2.87. The Labute approximate surface area is 97.7 Å². The summed E-state index contributed by atoms with van der Waals surface area (Å²) in [5.41, 5.74) is 1.33. The molecule has 1 aliphatic heterocycles. The topological polar surface area (TPSA) is 64.2 Å². The minimum atomic E-state index is -0.497. The number of nitrogens with zero attached hydrogens (tertiary/aromatic N) is 1. The van der Waals surface area contributed by atoms with E-state index in [2.05, 4.69) is 9.97 Å². The van der Waals surface area contributed by atoms with Crippen molar-refractivity contribution in [1.82, 2.24) is 9.97 Å². The van der Waals surface area contributed by atoms with E-state index in [1.807, 2.05) is 12.1 Å². The largest absolute Gasteiger partial charge is 0.376 e. The highest BCUT2D eigenvalue weighted by atomic mass is 16.6. The SMILES string of the molecule is O=C(c1c[nH]c2ncccc12)C1COCCO1. The fourth-order valence-electron chi connectivity index (χ4n) is 1.97. The third-order valence-electron chi connectivity index (χ3n) is 2.82. The summed E-state index contributed by atoms with van der Waals surface area (Å²) in [4.78, 5) is 19.4. The molecule has 1 aliphatic rings. The van der Waals surface area contributed by atoms with E-state index in [0.717, 1.165) is 5.39 Å². The smallest absolute Gasteiger partial charge is 0.196 e. The van der Waals surface area contributed by atoms with Gasteiger partial charge >= 0.3 is 0 Å². The van der Waals surface area contributed by atoms with E-state index in [1.165, 1.54) is 0 Å². The van der Waals surface area contributed by atoms with Crippen LogP contribution in [-0.4, -0.2) is 41.7 Å². The maximum absolute atomic E-state index is 12.2. The van der Waals surface area contributed by atoms with Gasteiger partial charge in [0.15, 0.2) is 5.78 Å². The van der Waals surface area contributed by atoms with Crippen molar-refractivity contribution in [2.75, 3.05) is 19.8 Å². The number of ketones is 1. The van der Waals surface area contributed by atoms with Gasteiger partial charge in [-0.05, 0) is 12.1 Å². The molecular weight excluding hydrogens is 220 g/mol. The summed E-state index contributed by atoms with van der Waals surface area (Å²) in [5, 5.41) is 0.826. The standard InChI is InChI=1S/C12H12N2O3/c15-11(10-7-16-4-5-17-10)9-6-14-12-8(9)2-1-3-13-12/h1-3,6,10H,4-5,7H2,(H,13,14). The van der Waals surface area contributed by atoms with Gasteiger partial charge in [-0.2, -0.15) is 0 Å². The molecule has 1 unspecified atom stereocenters. The molecule has 17 heavy (non-hydrogen) atoms. The fraction of sp³-hybridized carbons (Fsp3) is 0.333. The van der Waals surface area contributed by atoms with Crippen LogP contribution in [0.3, 0.4) is 0 Å². The second-order valence-corrected chi connectivity index (χ2v) is 3.90. The van der Waals surface area contributed by atoms with Gasteiger partial charge in [-0.3, -0.25) is 4.79 Å².